The lowest BCUT2D eigenvalue weighted by Gasteiger charge is -2.11. The van der Waals surface area contributed by atoms with Crippen molar-refractivity contribution < 1.29 is 0 Å². The van der Waals surface area contributed by atoms with Crippen molar-refractivity contribution in [2.24, 2.45) is 0 Å². The molecule has 1 heterocycles. The van der Waals surface area contributed by atoms with E-state index < -0.39 is 0 Å². The number of aromatic nitrogens is 2. The number of fused-ring (bicyclic) bond motifs is 1. The Balaban J connectivity index is 2.08. The van der Waals surface area contributed by atoms with E-state index in [9.17, 15) is 0 Å². The van der Waals surface area contributed by atoms with Crippen LogP contribution in [0.5, 0.6) is 0 Å². The molecule has 0 fully saturated rings. The van der Waals surface area contributed by atoms with Crippen LogP contribution >= 0.6 is 22.6 Å². The van der Waals surface area contributed by atoms with Crippen molar-refractivity contribution in [1.82, 2.24) is 9.97 Å². The van der Waals surface area contributed by atoms with Crippen molar-refractivity contribution in [1.29, 1.82) is 0 Å². The van der Waals surface area contributed by atoms with E-state index in [1.807, 2.05) is 12.1 Å². The quantitative estimate of drug-likeness (QED) is 0.683. The predicted octanol–water partition coefficient (Wildman–Crippen LogP) is 4.54. The van der Waals surface area contributed by atoms with E-state index in [1.54, 1.807) is 6.33 Å². The van der Waals surface area contributed by atoms with Gasteiger partial charge in [0.2, 0.25) is 0 Å². The number of hydrogen-bond acceptors (Lipinski definition) is 3. The molecule has 0 spiro atoms. The van der Waals surface area contributed by atoms with Crippen molar-refractivity contribution in [2.45, 2.75) is 13.3 Å². The van der Waals surface area contributed by atoms with Gasteiger partial charge >= 0.3 is 0 Å². The molecule has 0 aliphatic rings. The van der Waals surface area contributed by atoms with E-state index in [0.29, 0.717) is 0 Å². The Bertz CT molecular complexity index is 756. The number of benzene rings is 2. The van der Waals surface area contributed by atoms with E-state index in [4.69, 9.17) is 0 Å². The van der Waals surface area contributed by atoms with Crippen LogP contribution in [0.4, 0.5) is 11.5 Å². The summed E-state index contributed by atoms with van der Waals surface area (Å²) in [6, 6.07) is 14.5. The van der Waals surface area contributed by atoms with Crippen molar-refractivity contribution in [3.63, 3.8) is 0 Å². The minimum absolute atomic E-state index is 0.856. The molecule has 0 aliphatic carbocycles. The molecule has 1 aromatic heterocycles. The first-order valence-electron chi connectivity index (χ1n) is 6.53. The van der Waals surface area contributed by atoms with Crippen LogP contribution in [0.25, 0.3) is 10.9 Å². The van der Waals surface area contributed by atoms with Crippen LogP contribution in [0.1, 0.15) is 12.5 Å². The number of nitrogens with zero attached hydrogens (tertiary/aromatic N) is 2. The molecule has 0 saturated heterocycles. The molecule has 100 valence electrons. The molecule has 3 nitrogen and oxygen atoms in total. The molecular weight excluding hydrogens is 361 g/mol. The average Bonchev–Trinajstić information content (AvgIpc) is 2.48. The largest absolute Gasteiger partial charge is 0.339 e. The average molecular weight is 375 g/mol. The maximum atomic E-state index is 4.39. The Morgan fingerprint density at radius 3 is 2.80 bits per heavy atom. The maximum absolute atomic E-state index is 4.39. The van der Waals surface area contributed by atoms with E-state index in [-0.39, 0.29) is 0 Å². The van der Waals surface area contributed by atoms with Crippen molar-refractivity contribution >= 4 is 45.0 Å². The van der Waals surface area contributed by atoms with Crippen LogP contribution in [0.3, 0.4) is 0 Å². The van der Waals surface area contributed by atoms with Crippen LogP contribution < -0.4 is 5.32 Å². The van der Waals surface area contributed by atoms with Gasteiger partial charge in [0.1, 0.15) is 12.1 Å². The predicted molar refractivity (Wildman–Crippen MR) is 91.4 cm³/mol. The minimum Gasteiger partial charge on any atom is -0.339 e. The molecule has 3 aromatic rings. The van der Waals surface area contributed by atoms with Gasteiger partial charge < -0.3 is 5.32 Å². The van der Waals surface area contributed by atoms with Gasteiger partial charge in [-0.05, 0) is 58.8 Å². The number of nitrogens with one attached hydrogen (secondary N) is 1. The van der Waals surface area contributed by atoms with Crippen molar-refractivity contribution in [3.05, 3.63) is 57.9 Å². The summed E-state index contributed by atoms with van der Waals surface area (Å²) in [5, 5.41) is 4.49. The fraction of sp³-hybridized carbons (Fsp3) is 0.125. The fourth-order valence-electron chi connectivity index (χ4n) is 2.21. The highest BCUT2D eigenvalue weighted by Crippen LogP contribution is 2.26. The molecule has 1 N–H and O–H groups in total. The summed E-state index contributed by atoms with van der Waals surface area (Å²) in [6.45, 7) is 2.15. The van der Waals surface area contributed by atoms with Gasteiger partial charge in [-0.25, -0.2) is 9.97 Å². The third-order valence-corrected chi connectivity index (χ3v) is 3.92. The van der Waals surface area contributed by atoms with Crippen LogP contribution in [-0.4, -0.2) is 9.97 Å². The lowest BCUT2D eigenvalue weighted by molar-refractivity contribution is 1.13. The molecular formula is C16H14IN3. The van der Waals surface area contributed by atoms with Gasteiger partial charge in [0.05, 0.1) is 5.52 Å². The maximum Gasteiger partial charge on any atom is 0.141 e. The number of rotatable bonds is 3. The molecule has 4 heteroatoms. The first kappa shape index (κ1) is 13.3. The summed E-state index contributed by atoms with van der Waals surface area (Å²) in [5.41, 5.74) is 3.34. The summed E-state index contributed by atoms with van der Waals surface area (Å²) in [4.78, 5) is 8.71. The summed E-state index contributed by atoms with van der Waals surface area (Å²) in [5.74, 6) is 0.856. The molecule has 20 heavy (non-hydrogen) atoms. The Hall–Kier alpha value is -1.69. The van der Waals surface area contributed by atoms with Crippen LogP contribution in [0.15, 0.2) is 48.8 Å². The van der Waals surface area contributed by atoms with Gasteiger partial charge in [0, 0.05) is 14.6 Å². The van der Waals surface area contributed by atoms with Gasteiger partial charge in [-0.1, -0.05) is 25.1 Å². The third kappa shape index (κ3) is 2.60. The van der Waals surface area contributed by atoms with Gasteiger partial charge in [-0.2, -0.15) is 0 Å². The molecule has 0 bridgehead atoms. The lowest BCUT2D eigenvalue weighted by Crippen LogP contribution is -1.99. The molecule has 3 rings (SSSR count). The highest BCUT2D eigenvalue weighted by Gasteiger charge is 2.06. The fourth-order valence-corrected chi connectivity index (χ4v) is 2.70. The standard InChI is InChI=1S/C16H14IN3/c1-2-11-5-3-4-6-14(11)20-16-13-9-12(17)7-8-15(13)18-10-19-16/h3-10H,2H2,1H3,(H,18,19,20). The monoisotopic (exact) mass is 375 g/mol. The molecule has 0 saturated carbocycles. The zero-order valence-electron chi connectivity index (χ0n) is 11.1. The Morgan fingerprint density at radius 2 is 1.95 bits per heavy atom. The second kappa shape index (κ2) is 5.75. The topological polar surface area (TPSA) is 37.8 Å². The summed E-state index contributed by atoms with van der Waals surface area (Å²) in [7, 11) is 0. The highest BCUT2D eigenvalue weighted by atomic mass is 127. The number of anilines is 2. The smallest absolute Gasteiger partial charge is 0.141 e. The zero-order chi connectivity index (χ0) is 13.9. The van der Waals surface area contributed by atoms with Gasteiger partial charge in [0.25, 0.3) is 0 Å². The number of hydrogen-bond donors (Lipinski definition) is 1. The lowest BCUT2D eigenvalue weighted by atomic mass is 10.1. The van der Waals surface area contributed by atoms with Crippen LogP contribution in [-0.2, 0) is 6.42 Å². The SMILES string of the molecule is CCc1ccccc1Nc1ncnc2ccc(I)cc12. The van der Waals surface area contributed by atoms with Crippen molar-refractivity contribution in [3.8, 4) is 0 Å². The number of halogens is 1. The van der Waals surface area contributed by atoms with E-state index in [0.717, 1.165) is 28.8 Å². The molecule has 0 aliphatic heterocycles. The molecule has 0 unspecified atom stereocenters. The van der Waals surface area contributed by atoms with E-state index >= 15 is 0 Å². The molecule has 0 radical (unpaired) electrons. The first-order valence-corrected chi connectivity index (χ1v) is 7.61. The Morgan fingerprint density at radius 1 is 1.10 bits per heavy atom. The van der Waals surface area contributed by atoms with Crippen LogP contribution in [0.2, 0.25) is 0 Å². The second-order valence-corrected chi connectivity index (χ2v) is 5.77. The Labute approximate surface area is 131 Å². The van der Waals surface area contributed by atoms with E-state index in [1.165, 1.54) is 9.13 Å². The van der Waals surface area contributed by atoms with Crippen LogP contribution in [0, 0.1) is 3.57 Å². The molecule has 0 atom stereocenters. The number of para-hydroxylation sites is 1. The second-order valence-electron chi connectivity index (χ2n) is 4.52. The first-order chi connectivity index (χ1) is 9.78. The highest BCUT2D eigenvalue weighted by molar-refractivity contribution is 14.1. The summed E-state index contributed by atoms with van der Waals surface area (Å²) < 4.78 is 1.18. The van der Waals surface area contributed by atoms with Crippen molar-refractivity contribution in [2.75, 3.05) is 5.32 Å². The third-order valence-electron chi connectivity index (χ3n) is 3.25. The molecule has 2 aromatic carbocycles. The normalized spacial score (nSPS) is 10.7. The number of aryl methyl sites for hydroxylation is 1. The molecule has 0 amide bonds. The van der Waals surface area contributed by atoms with Gasteiger partial charge in [0.15, 0.2) is 0 Å². The Kier molecular flexibility index (Phi) is 3.82. The van der Waals surface area contributed by atoms with E-state index in [2.05, 4.69) is 75.1 Å². The van der Waals surface area contributed by atoms with Gasteiger partial charge in [-0.15, -0.1) is 0 Å². The minimum atomic E-state index is 0.856. The zero-order valence-corrected chi connectivity index (χ0v) is 13.3. The summed E-state index contributed by atoms with van der Waals surface area (Å²) in [6.07, 6.45) is 2.59. The van der Waals surface area contributed by atoms with Gasteiger partial charge in [-0.3, -0.25) is 0 Å². The summed E-state index contributed by atoms with van der Waals surface area (Å²) >= 11 is 2.31.